The van der Waals surface area contributed by atoms with Gasteiger partial charge in [0, 0.05) is 18.5 Å². The molecule has 1 rings (SSSR count). The van der Waals surface area contributed by atoms with Gasteiger partial charge < -0.3 is 10.1 Å². The maximum absolute atomic E-state index is 11.3. The van der Waals surface area contributed by atoms with Gasteiger partial charge in [-0.05, 0) is 19.9 Å². The van der Waals surface area contributed by atoms with E-state index < -0.39 is 6.03 Å². The van der Waals surface area contributed by atoms with Crippen molar-refractivity contribution in [1.82, 2.24) is 16.1 Å². The van der Waals surface area contributed by atoms with Crippen molar-refractivity contribution in [3.05, 3.63) is 27.2 Å². The highest BCUT2D eigenvalue weighted by atomic mass is 35.5. The molecule has 0 spiro atoms. The summed E-state index contributed by atoms with van der Waals surface area (Å²) in [6, 6.07) is 2.54. The summed E-state index contributed by atoms with van der Waals surface area (Å²) in [7, 11) is 0. The molecule has 0 unspecified atom stereocenters. The standard InChI is InChI=1S/C14H19Cl3N4O3.ClH/c1-8(2)19-14(22)20-13(18)21-24-5-3-4-23-12-7-10(16)9(15)6-11(12)17;/h6-8H,3-5H2,1-2H3,(H4,18,19,20,21,22);1H. The second kappa shape index (κ2) is 12.3. The van der Waals surface area contributed by atoms with E-state index in [2.05, 4.69) is 16.1 Å². The summed E-state index contributed by atoms with van der Waals surface area (Å²) < 4.78 is 5.47. The SMILES string of the molecule is CC(C)NC(=O)NC(=N)NOCCCOc1cc(Cl)c(Cl)cc1Cl.Cl. The molecule has 0 saturated carbocycles. The quantitative estimate of drug-likeness (QED) is 0.172. The summed E-state index contributed by atoms with van der Waals surface area (Å²) in [5.41, 5.74) is 2.30. The van der Waals surface area contributed by atoms with E-state index in [4.69, 9.17) is 49.8 Å². The first-order chi connectivity index (χ1) is 11.3. The minimum atomic E-state index is -0.483. The van der Waals surface area contributed by atoms with Crippen LogP contribution in [0.2, 0.25) is 15.1 Å². The zero-order chi connectivity index (χ0) is 18.1. The number of hydrogen-bond donors (Lipinski definition) is 4. The number of carbonyl (C=O) groups is 1. The molecule has 0 aliphatic carbocycles. The van der Waals surface area contributed by atoms with Crippen LogP contribution in [0.25, 0.3) is 0 Å². The molecule has 1 aromatic rings. The van der Waals surface area contributed by atoms with Crippen LogP contribution < -0.4 is 20.9 Å². The molecule has 4 N–H and O–H groups in total. The highest BCUT2D eigenvalue weighted by Crippen LogP contribution is 2.33. The zero-order valence-electron chi connectivity index (χ0n) is 13.6. The van der Waals surface area contributed by atoms with Gasteiger partial charge in [0.2, 0.25) is 5.96 Å². The van der Waals surface area contributed by atoms with Gasteiger partial charge in [-0.3, -0.25) is 15.6 Å². The van der Waals surface area contributed by atoms with Gasteiger partial charge in [-0.15, -0.1) is 12.4 Å². The fraction of sp³-hybridized carbons (Fsp3) is 0.429. The second-order valence-electron chi connectivity index (χ2n) is 4.98. The van der Waals surface area contributed by atoms with Gasteiger partial charge in [0.15, 0.2) is 0 Å². The molecule has 11 heteroatoms. The van der Waals surface area contributed by atoms with Crippen molar-refractivity contribution in [2.45, 2.75) is 26.3 Å². The van der Waals surface area contributed by atoms with Gasteiger partial charge in [0.05, 0.1) is 28.3 Å². The molecule has 0 heterocycles. The first-order valence-corrected chi connectivity index (χ1v) is 8.24. The van der Waals surface area contributed by atoms with E-state index in [1.54, 1.807) is 0 Å². The van der Waals surface area contributed by atoms with E-state index in [-0.39, 0.29) is 31.0 Å². The number of guanidine groups is 1. The Morgan fingerprint density at radius 2 is 1.80 bits per heavy atom. The third-order valence-electron chi connectivity index (χ3n) is 2.46. The van der Waals surface area contributed by atoms with E-state index >= 15 is 0 Å². The minimum Gasteiger partial charge on any atom is -0.492 e. The normalized spacial score (nSPS) is 10.0. The topological polar surface area (TPSA) is 95.5 Å². The lowest BCUT2D eigenvalue weighted by atomic mass is 10.3. The Bertz CT molecular complexity index is 587. The van der Waals surface area contributed by atoms with Crippen LogP contribution in [-0.2, 0) is 4.84 Å². The van der Waals surface area contributed by atoms with Crippen LogP contribution in [0, 0.1) is 5.41 Å². The minimum absolute atomic E-state index is 0. The molecule has 0 bridgehead atoms. The van der Waals surface area contributed by atoms with Crippen LogP contribution >= 0.6 is 47.2 Å². The molecule has 142 valence electrons. The summed E-state index contributed by atoms with van der Waals surface area (Å²) in [6.07, 6.45) is 0.523. The molecule has 1 aromatic carbocycles. The summed E-state index contributed by atoms with van der Waals surface area (Å²) >= 11 is 17.7. The van der Waals surface area contributed by atoms with E-state index in [0.717, 1.165) is 0 Å². The number of nitrogens with one attached hydrogen (secondary N) is 4. The monoisotopic (exact) mass is 432 g/mol. The predicted molar refractivity (Wildman–Crippen MR) is 102 cm³/mol. The Hall–Kier alpha value is -1.12. The number of benzene rings is 1. The summed E-state index contributed by atoms with van der Waals surface area (Å²) in [5.74, 6) is 0.167. The Labute approximate surface area is 167 Å². The molecule has 25 heavy (non-hydrogen) atoms. The van der Waals surface area contributed by atoms with Crippen molar-refractivity contribution >= 4 is 59.2 Å². The summed E-state index contributed by atoms with van der Waals surface area (Å²) in [5, 5.41) is 13.4. The van der Waals surface area contributed by atoms with Gasteiger partial charge in [0.1, 0.15) is 5.75 Å². The van der Waals surface area contributed by atoms with Crippen molar-refractivity contribution in [1.29, 1.82) is 5.41 Å². The van der Waals surface area contributed by atoms with Gasteiger partial charge in [0.25, 0.3) is 0 Å². The lowest BCUT2D eigenvalue weighted by molar-refractivity contribution is 0.0721. The van der Waals surface area contributed by atoms with E-state index in [1.807, 2.05) is 13.8 Å². The van der Waals surface area contributed by atoms with Crippen molar-refractivity contribution in [3.8, 4) is 5.75 Å². The molecule has 0 saturated heterocycles. The number of amides is 2. The Kier molecular flexibility index (Phi) is 11.7. The average Bonchev–Trinajstić information content (AvgIpc) is 2.46. The lowest BCUT2D eigenvalue weighted by Gasteiger charge is -2.12. The molecular formula is C14H20Cl4N4O3. The number of ether oxygens (including phenoxy) is 1. The number of hydroxylamine groups is 1. The molecule has 2 amide bonds. The molecule has 0 fully saturated rings. The Morgan fingerprint density at radius 3 is 2.44 bits per heavy atom. The highest BCUT2D eigenvalue weighted by molar-refractivity contribution is 6.43. The molecule has 0 aromatic heterocycles. The van der Waals surface area contributed by atoms with Gasteiger partial charge in [-0.25, -0.2) is 10.3 Å². The van der Waals surface area contributed by atoms with Gasteiger partial charge in [-0.1, -0.05) is 34.8 Å². The molecule has 0 atom stereocenters. The summed E-state index contributed by atoms with van der Waals surface area (Å²) in [4.78, 5) is 16.4. The fourth-order valence-corrected chi connectivity index (χ4v) is 2.08. The fourth-order valence-electron chi connectivity index (χ4n) is 1.49. The molecule has 7 nitrogen and oxygen atoms in total. The number of carbonyl (C=O) groups excluding carboxylic acids is 1. The first kappa shape index (κ1) is 23.9. The lowest BCUT2D eigenvalue weighted by Crippen LogP contribution is -2.47. The Morgan fingerprint density at radius 1 is 1.16 bits per heavy atom. The smallest absolute Gasteiger partial charge is 0.321 e. The van der Waals surface area contributed by atoms with E-state index in [1.165, 1.54) is 12.1 Å². The van der Waals surface area contributed by atoms with Crippen molar-refractivity contribution < 1.29 is 14.4 Å². The number of hydrogen-bond acceptors (Lipinski definition) is 4. The van der Waals surface area contributed by atoms with Crippen molar-refractivity contribution in [2.24, 2.45) is 0 Å². The van der Waals surface area contributed by atoms with Crippen molar-refractivity contribution in [3.63, 3.8) is 0 Å². The molecule has 0 radical (unpaired) electrons. The predicted octanol–water partition coefficient (Wildman–Crippen LogP) is 4.00. The second-order valence-corrected chi connectivity index (χ2v) is 6.20. The van der Waals surface area contributed by atoms with Gasteiger partial charge in [-0.2, -0.15) is 0 Å². The Balaban J connectivity index is 0.00000576. The summed E-state index contributed by atoms with van der Waals surface area (Å²) in [6.45, 7) is 4.21. The third kappa shape index (κ3) is 9.81. The highest BCUT2D eigenvalue weighted by Gasteiger charge is 2.07. The maximum Gasteiger partial charge on any atom is 0.321 e. The number of rotatable bonds is 7. The number of urea groups is 1. The first-order valence-electron chi connectivity index (χ1n) is 7.10. The number of halogens is 4. The van der Waals surface area contributed by atoms with E-state index in [0.29, 0.717) is 33.8 Å². The van der Waals surface area contributed by atoms with Gasteiger partial charge >= 0.3 is 6.03 Å². The molecule has 0 aliphatic heterocycles. The van der Waals surface area contributed by atoms with Crippen LogP contribution in [0.1, 0.15) is 20.3 Å². The molecular weight excluding hydrogens is 414 g/mol. The largest absolute Gasteiger partial charge is 0.492 e. The van der Waals surface area contributed by atoms with E-state index in [9.17, 15) is 4.79 Å². The maximum atomic E-state index is 11.3. The van der Waals surface area contributed by atoms with Crippen molar-refractivity contribution in [2.75, 3.05) is 13.2 Å². The zero-order valence-corrected chi connectivity index (χ0v) is 16.7. The van der Waals surface area contributed by atoms with Crippen LogP contribution in [0.4, 0.5) is 4.79 Å². The van der Waals surface area contributed by atoms with Crippen LogP contribution in [0.15, 0.2) is 12.1 Å². The molecule has 0 aliphatic rings. The van der Waals surface area contributed by atoms with Crippen LogP contribution in [0.3, 0.4) is 0 Å². The van der Waals surface area contributed by atoms with Crippen LogP contribution in [0.5, 0.6) is 5.75 Å². The third-order valence-corrected chi connectivity index (χ3v) is 3.47. The average molecular weight is 434 g/mol. The van der Waals surface area contributed by atoms with Crippen LogP contribution in [-0.4, -0.2) is 31.2 Å².